The van der Waals surface area contributed by atoms with Crippen LogP contribution in [0.3, 0.4) is 0 Å². The van der Waals surface area contributed by atoms with E-state index < -0.39 is 5.82 Å². The van der Waals surface area contributed by atoms with Crippen LogP contribution in [0.4, 0.5) is 4.39 Å². The van der Waals surface area contributed by atoms with Crippen molar-refractivity contribution in [2.75, 3.05) is 39.3 Å². The fraction of sp³-hybridized carbons (Fsp3) is 0.205. The van der Waals surface area contributed by atoms with Gasteiger partial charge in [-0.2, -0.15) is 5.10 Å². The Morgan fingerprint density at radius 1 is 0.811 bits per heavy atom. The molecule has 268 valence electrons. The average molecular weight is 709 g/mol. The van der Waals surface area contributed by atoms with E-state index in [0.29, 0.717) is 56.8 Å². The lowest BCUT2D eigenvalue weighted by molar-refractivity contribution is 0.0615. The van der Waals surface area contributed by atoms with Crippen LogP contribution in [0.25, 0.3) is 21.9 Å². The SMILES string of the molecule is CCC(=C(c1ccc(O)cc1)c1ccc(OCCN2CCN(C(=O)c3cc(Cc4n[nH]c(=O)c5ccccc45)ccc3F)CC2)cc1)c1ccccc1. The molecule has 1 aliphatic rings. The molecular weight excluding hydrogens is 668 g/mol. The fourth-order valence-electron chi connectivity index (χ4n) is 7.01. The number of piperazine rings is 1. The molecule has 0 atom stereocenters. The van der Waals surface area contributed by atoms with Gasteiger partial charge < -0.3 is 14.7 Å². The number of phenolic OH excluding ortho intramolecular Hbond substituents is 1. The van der Waals surface area contributed by atoms with E-state index in [1.54, 1.807) is 41.3 Å². The molecule has 0 aliphatic carbocycles. The molecule has 7 rings (SSSR count). The van der Waals surface area contributed by atoms with Crippen molar-refractivity contribution < 1.29 is 19.0 Å². The number of amides is 1. The van der Waals surface area contributed by atoms with Gasteiger partial charge in [0, 0.05) is 44.5 Å². The van der Waals surface area contributed by atoms with Crippen molar-refractivity contribution >= 4 is 27.8 Å². The second kappa shape index (κ2) is 16.1. The predicted octanol–water partition coefficient (Wildman–Crippen LogP) is 7.56. The van der Waals surface area contributed by atoms with E-state index in [2.05, 4.69) is 46.3 Å². The van der Waals surface area contributed by atoms with Crippen molar-refractivity contribution in [3.05, 3.63) is 171 Å². The number of aromatic hydroxyl groups is 1. The molecule has 0 saturated carbocycles. The number of allylic oxidation sites excluding steroid dienone is 1. The molecule has 1 saturated heterocycles. The van der Waals surface area contributed by atoms with Crippen LogP contribution in [0.15, 0.2) is 126 Å². The molecule has 1 aromatic heterocycles. The van der Waals surface area contributed by atoms with Gasteiger partial charge in [0.1, 0.15) is 23.9 Å². The second-order valence-electron chi connectivity index (χ2n) is 13.2. The number of hydrogen-bond donors (Lipinski definition) is 2. The highest BCUT2D eigenvalue weighted by atomic mass is 19.1. The Kier molecular flexibility index (Phi) is 10.7. The predicted molar refractivity (Wildman–Crippen MR) is 207 cm³/mol. The van der Waals surface area contributed by atoms with Gasteiger partial charge in [-0.25, -0.2) is 9.49 Å². The van der Waals surface area contributed by atoms with Crippen molar-refractivity contribution in [2.24, 2.45) is 0 Å². The fourth-order valence-corrected chi connectivity index (χ4v) is 7.01. The van der Waals surface area contributed by atoms with Crippen molar-refractivity contribution in [2.45, 2.75) is 19.8 Å². The number of aromatic amines is 1. The Morgan fingerprint density at radius 2 is 1.47 bits per heavy atom. The Balaban J connectivity index is 0.953. The Morgan fingerprint density at radius 3 is 2.17 bits per heavy atom. The van der Waals surface area contributed by atoms with Crippen molar-refractivity contribution in [3.8, 4) is 11.5 Å². The number of carbonyl (C=O) groups is 1. The van der Waals surface area contributed by atoms with E-state index in [1.165, 1.54) is 11.6 Å². The second-order valence-corrected chi connectivity index (χ2v) is 13.2. The van der Waals surface area contributed by atoms with Crippen molar-refractivity contribution in [3.63, 3.8) is 0 Å². The minimum Gasteiger partial charge on any atom is -0.508 e. The first kappa shape index (κ1) is 35.3. The Bertz CT molecular complexity index is 2300. The van der Waals surface area contributed by atoms with Crippen LogP contribution in [0.1, 0.15) is 51.7 Å². The van der Waals surface area contributed by atoms with Crippen LogP contribution in [-0.4, -0.2) is 70.3 Å². The molecule has 1 aliphatic heterocycles. The van der Waals surface area contributed by atoms with Gasteiger partial charge >= 0.3 is 0 Å². The number of H-pyrrole nitrogens is 1. The lowest BCUT2D eigenvalue weighted by Gasteiger charge is -2.34. The zero-order valence-corrected chi connectivity index (χ0v) is 29.6. The lowest BCUT2D eigenvalue weighted by Crippen LogP contribution is -2.49. The number of nitrogens with one attached hydrogen (secondary N) is 1. The number of benzene rings is 5. The highest BCUT2D eigenvalue weighted by molar-refractivity contribution is 5.98. The first-order valence-corrected chi connectivity index (χ1v) is 18.0. The maximum absolute atomic E-state index is 15.0. The number of phenols is 1. The van der Waals surface area contributed by atoms with Crippen LogP contribution < -0.4 is 10.3 Å². The Labute approximate surface area is 307 Å². The number of hydrogen-bond acceptors (Lipinski definition) is 6. The summed E-state index contributed by atoms with van der Waals surface area (Å²) in [7, 11) is 0. The van der Waals surface area contributed by atoms with Gasteiger partial charge in [-0.1, -0.05) is 85.8 Å². The van der Waals surface area contributed by atoms with Gasteiger partial charge in [-0.3, -0.25) is 14.5 Å². The van der Waals surface area contributed by atoms with Crippen molar-refractivity contribution in [1.29, 1.82) is 0 Å². The molecule has 0 radical (unpaired) electrons. The topological polar surface area (TPSA) is 98.8 Å². The molecule has 9 heteroatoms. The number of nitrogens with zero attached hydrogens (tertiary/aromatic N) is 3. The van der Waals surface area contributed by atoms with E-state index in [9.17, 15) is 19.1 Å². The van der Waals surface area contributed by atoms with E-state index in [1.807, 2.05) is 54.6 Å². The van der Waals surface area contributed by atoms with E-state index in [-0.39, 0.29) is 22.8 Å². The third-order valence-corrected chi connectivity index (χ3v) is 9.82. The van der Waals surface area contributed by atoms with E-state index in [0.717, 1.165) is 45.4 Å². The highest BCUT2D eigenvalue weighted by Gasteiger charge is 2.25. The smallest absolute Gasteiger partial charge is 0.272 e. The van der Waals surface area contributed by atoms with Gasteiger partial charge in [0.15, 0.2) is 0 Å². The third-order valence-electron chi connectivity index (χ3n) is 9.82. The average Bonchev–Trinajstić information content (AvgIpc) is 3.20. The molecule has 6 aromatic rings. The van der Waals surface area contributed by atoms with Crippen LogP contribution in [0.5, 0.6) is 11.5 Å². The molecule has 8 nitrogen and oxygen atoms in total. The quantitative estimate of drug-likeness (QED) is 0.135. The number of halogens is 1. The minimum absolute atomic E-state index is 0.0368. The lowest BCUT2D eigenvalue weighted by atomic mass is 9.88. The van der Waals surface area contributed by atoms with Gasteiger partial charge in [-0.15, -0.1) is 0 Å². The van der Waals surface area contributed by atoms with E-state index >= 15 is 0 Å². The number of carbonyl (C=O) groups excluding carboxylic acids is 1. The largest absolute Gasteiger partial charge is 0.508 e. The van der Waals surface area contributed by atoms with Crippen LogP contribution in [0, 0.1) is 5.82 Å². The number of ether oxygens (including phenoxy) is 1. The number of fused-ring (bicyclic) bond motifs is 1. The number of rotatable bonds is 11. The maximum atomic E-state index is 15.0. The minimum atomic E-state index is -0.559. The monoisotopic (exact) mass is 708 g/mol. The summed E-state index contributed by atoms with van der Waals surface area (Å²) in [6, 6.07) is 37.6. The van der Waals surface area contributed by atoms with Gasteiger partial charge in [0.25, 0.3) is 11.5 Å². The number of aromatic nitrogens is 2. The molecule has 1 fully saturated rings. The Hall–Kier alpha value is -6.06. The van der Waals surface area contributed by atoms with Crippen LogP contribution >= 0.6 is 0 Å². The molecule has 0 unspecified atom stereocenters. The van der Waals surface area contributed by atoms with Crippen molar-refractivity contribution in [1.82, 2.24) is 20.0 Å². The zero-order chi connectivity index (χ0) is 36.7. The standard InChI is InChI=1S/C44H41FN4O4/c1-2-36(31-8-4-3-5-9-31)42(32-13-17-34(50)18-14-32)33-15-19-35(20-16-33)53-27-26-48-22-24-49(25-23-48)44(52)39-28-30(12-21-40(39)45)29-41-37-10-6-7-11-38(37)43(51)47-46-41/h3-21,28,50H,2,22-27,29H2,1H3,(H,47,51). The molecule has 0 bridgehead atoms. The summed E-state index contributed by atoms with van der Waals surface area (Å²) in [5.41, 5.74) is 6.74. The van der Waals surface area contributed by atoms with E-state index in [4.69, 9.17) is 4.74 Å². The van der Waals surface area contributed by atoms with Crippen LogP contribution in [-0.2, 0) is 6.42 Å². The summed E-state index contributed by atoms with van der Waals surface area (Å²) in [5, 5.41) is 18.0. The van der Waals surface area contributed by atoms with Crippen LogP contribution in [0.2, 0.25) is 0 Å². The molecule has 0 spiro atoms. The molecule has 1 amide bonds. The maximum Gasteiger partial charge on any atom is 0.272 e. The zero-order valence-electron chi connectivity index (χ0n) is 29.6. The first-order chi connectivity index (χ1) is 25.9. The summed E-state index contributed by atoms with van der Waals surface area (Å²) in [5.74, 6) is 0.107. The van der Waals surface area contributed by atoms with Gasteiger partial charge in [-0.05, 0) is 82.3 Å². The molecule has 2 N–H and O–H groups in total. The molecular formula is C44H41FN4O4. The summed E-state index contributed by atoms with van der Waals surface area (Å²) < 4.78 is 21.1. The summed E-state index contributed by atoms with van der Waals surface area (Å²) in [4.78, 5) is 29.6. The molecule has 53 heavy (non-hydrogen) atoms. The van der Waals surface area contributed by atoms with Gasteiger partial charge in [0.2, 0.25) is 0 Å². The first-order valence-electron chi connectivity index (χ1n) is 18.0. The molecule has 5 aromatic carbocycles. The summed E-state index contributed by atoms with van der Waals surface area (Å²) in [6.45, 7) is 5.62. The highest BCUT2D eigenvalue weighted by Crippen LogP contribution is 2.35. The normalized spacial score (nSPS) is 13.9. The summed E-state index contributed by atoms with van der Waals surface area (Å²) in [6.07, 6.45) is 1.18. The summed E-state index contributed by atoms with van der Waals surface area (Å²) >= 11 is 0. The van der Waals surface area contributed by atoms with Gasteiger partial charge in [0.05, 0.1) is 16.6 Å². The molecule has 2 heterocycles. The third kappa shape index (κ3) is 8.05.